The number of hydrogen-bond donors (Lipinski definition) is 3. The lowest BCUT2D eigenvalue weighted by molar-refractivity contribution is 0.270. The molecule has 0 heterocycles. The van der Waals surface area contributed by atoms with Gasteiger partial charge in [-0.2, -0.15) is 0 Å². The van der Waals surface area contributed by atoms with Crippen LogP contribution in [0.15, 0.2) is 84.0 Å². The minimum Gasteiger partial charge on any atom is -0.516 e. The Bertz CT molecular complexity index is 1110. The number of aliphatic hydroxyl groups is 2. The third kappa shape index (κ3) is 6.45. The predicted molar refractivity (Wildman–Crippen MR) is 149 cm³/mol. The zero-order valence-electron chi connectivity index (χ0n) is 23.2. The van der Waals surface area contributed by atoms with Crippen molar-refractivity contribution in [1.82, 2.24) is 5.32 Å². The summed E-state index contributed by atoms with van der Waals surface area (Å²) in [6, 6.07) is 4.71. The summed E-state index contributed by atoms with van der Waals surface area (Å²) in [6.07, 6.45) is 11.5. The minimum absolute atomic E-state index is 0.108. The maximum atomic E-state index is 9.37. The summed E-state index contributed by atoms with van der Waals surface area (Å²) >= 11 is 0. The average molecular weight is 494 g/mol. The van der Waals surface area contributed by atoms with E-state index < -0.39 is 0 Å². The van der Waals surface area contributed by atoms with Crippen molar-refractivity contribution in [2.45, 2.75) is 71.6 Å². The molecule has 0 saturated carbocycles. The number of hydrogen-bond acceptors (Lipinski definition) is 5. The molecular weight excluding hydrogens is 450 g/mol. The Hall–Kier alpha value is -3.34. The van der Waals surface area contributed by atoms with Gasteiger partial charge in [0.2, 0.25) is 0 Å². The van der Waals surface area contributed by atoms with Gasteiger partial charge >= 0.3 is 0 Å². The fraction of sp³-hybridized carbons (Fsp3) is 0.419. The van der Waals surface area contributed by atoms with Gasteiger partial charge in [0.05, 0.1) is 26.7 Å². The summed E-state index contributed by atoms with van der Waals surface area (Å²) in [5, 5.41) is 22.0. The quantitative estimate of drug-likeness (QED) is 0.233. The van der Waals surface area contributed by atoms with E-state index in [4.69, 9.17) is 9.47 Å². The fourth-order valence-electron chi connectivity index (χ4n) is 4.75. The van der Waals surface area contributed by atoms with E-state index in [1.165, 1.54) is 41.9 Å². The highest BCUT2D eigenvalue weighted by Crippen LogP contribution is 2.46. The van der Waals surface area contributed by atoms with Gasteiger partial charge in [-0.25, -0.2) is 0 Å². The molecule has 0 fully saturated rings. The first-order valence-electron chi connectivity index (χ1n) is 12.4. The van der Waals surface area contributed by atoms with E-state index in [1.54, 1.807) is 19.3 Å². The van der Waals surface area contributed by atoms with Crippen LogP contribution in [0, 0.1) is 6.92 Å². The van der Waals surface area contributed by atoms with Crippen molar-refractivity contribution < 1.29 is 19.7 Å². The molecule has 1 aromatic carbocycles. The van der Waals surface area contributed by atoms with Gasteiger partial charge in [-0.3, -0.25) is 0 Å². The van der Waals surface area contributed by atoms with E-state index in [1.807, 2.05) is 13.0 Å². The second kappa shape index (κ2) is 12.1. The lowest BCUT2D eigenvalue weighted by Crippen LogP contribution is -2.34. The second-order valence-corrected chi connectivity index (χ2v) is 10.5. The highest BCUT2D eigenvalue weighted by atomic mass is 16.5. The highest BCUT2D eigenvalue weighted by Gasteiger charge is 2.37. The zero-order valence-corrected chi connectivity index (χ0v) is 23.2. The largest absolute Gasteiger partial charge is 0.516 e. The Morgan fingerprint density at radius 1 is 1.03 bits per heavy atom. The Labute approximate surface area is 217 Å². The molecule has 0 aromatic heterocycles. The molecular formula is C31H43NO4. The molecule has 1 aliphatic rings. The van der Waals surface area contributed by atoms with Gasteiger partial charge in [0.25, 0.3) is 0 Å². The number of fused-ring (bicyclic) bond motifs is 1. The number of aliphatic hydroxyl groups excluding tert-OH is 2. The Kier molecular flexibility index (Phi) is 9.69. The number of ether oxygens (including phenoxy) is 2. The van der Waals surface area contributed by atoms with Crippen LogP contribution in [0.4, 0.5) is 0 Å². The molecule has 196 valence electrons. The summed E-state index contributed by atoms with van der Waals surface area (Å²) in [6.45, 7) is 17.6. The maximum Gasteiger partial charge on any atom is 0.149 e. The van der Waals surface area contributed by atoms with Gasteiger partial charge in [-0.1, -0.05) is 52.5 Å². The van der Waals surface area contributed by atoms with E-state index in [0.29, 0.717) is 29.3 Å². The lowest BCUT2D eigenvalue weighted by atomic mass is 9.62. The number of benzene rings is 1. The van der Waals surface area contributed by atoms with Crippen LogP contribution in [0.1, 0.15) is 69.7 Å². The van der Waals surface area contributed by atoms with Crippen LogP contribution >= 0.6 is 0 Å². The van der Waals surface area contributed by atoms with Crippen molar-refractivity contribution in [2.24, 2.45) is 0 Å². The maximum absolute atomic E-state index is 9.37. The second-order valence-electron chi connectivity index (χ2n) is 10.5. The van der Waals surface area contributed by atoms with Gasteiger partial charge in [0.15, 0.2) is 0 Å². The Morgan fingerprint density at radius 2 is 1.64 bits per heavy atom. The summed E-state index contributed by atoms with van der Waals surface area (Å²) in [5.41, 5.74) is 7.58. The predicted octanol–water partition coefficient (Wildman–Crippen LogP) is 7.47. The molecule has 0 amide bonds. The number of allylic oxidation sites excluding steroid dienone is 5. The molecule has 0 unspecified atom stereocenters. The van der Waals surface area contributed by atoms with E-state index in [0.717, 1.165) is 24.5 Å². The molecule has 0 aliphatic heterocycles. The van der Waals surface area contributed by atoms with Crippen molar-refractivity contribution in [3.63, 3.8) is 0 Å². The van der Waals surface area contributed by atoms with Crippen LogP contribution in [0.2, 0.25) is 0 Å². The van der Waals surface area contributed by atoms with Crippen LogP contribution in [0.3, 0.4) is 0 Å². The van der Waals surface area contributed by atoms with Crippen molar-refractivity contribution in [3.05, 3.63) is 106 Å². The molecule has 1 aromatic rings. The van der Waals surface area contributed by atoms with Crippen molar-refractivity contribution in [3.8, 4) is 0 Å². The number of nitrogens with one attached hydrogen (secondary N) is 1. The van der Waals surface area contributed by atoms with Crippen LogP contribution in [-0.4, -0.2) is 24.4 Å². The normalized spacial score (nSPS) is 18.1. The van der Waals surface area contributed by atoms with Crippen molar-refractivity contribution >= 4 is 0 Å². The smallest absolute Gasteiger partial charge is 0.149 e. The Morgan fingerprint density at radius 3 is 2.14 bits per heavy atom. The topological polar surface area (TPSA) is 71.0 Å². The van der Waals surface area contributed by atoms with Gasteiger partial charge < -0.3 is 25.0 Å². The van der Waals surface area contributed by atoms with Crippen LogP contribution < -0.4 is 5.32 Å². The van der Waals surface area contributed by atoms with E-state index in [2.05, 4.69) is 58.6 Å². The fourth-order valence-corrected chi connectivity index (χ4v) is 4.75. The average Bonchev–Trinajstić information content (AvgIpc) is 2.83. The van der Waals surface area contributed by atoms with Crippen LogP contribution in [0.25, 0.3) is 0 Å². The van der Waals surface area contributed by atoms with Gasteiger partial charge in [-0.15, -0.1) is 0 Å². The molecule has 5 heteroatoms. The summed E-state index contributed by atoms with van der Waals surface area (Å²) in [5.74, 6) is 0.927. The van der Waals surface area contributed by atoms with Crippen LogP contribution in [0.5, 0.6) is 0 Å². The molecule has 0 bridgehead atoms. The highest BCUT2D eigenvalue weighted by molar-refractivity contribution is 5.50. The van der Waals surface area contributed by atoms with Crippen molar-refractivity contribution in [1.29, 1.82) is 0 Å². The third-order valence-electron chi connectivity index (χ3n) is 7.16. The lowest BCUT2D eigenvalue weighted by Gasteiger charge is -2.42. The monoisotopic (exact) mass is 493 g/mol. The van der Waals surface area contributed by atoms with Gasteiger partial charge in [-0.05, 0) is 83.9 Å². The number of rotatable bonds is 10. The molecule has 0 atom stereocenters. The molecule has 2 rings (SSSR count). The minimum atomic E-state index is 0.108. The third-order valence-corrected chi connectivity index (χ3v) is 7.16. The summed E-state index contributed by atoms with van der Waals surface area (Å²) in [7, 11) is 3.09. The van der Waals surface area contributed by atoms with E-state index in [9.17, 15) is 10.2 Å². The molecule has 1 aliphatic carbocycles. The first-order valence-corrected chi connectivity index (χ1v) is 12.4. The molecule has 36 heavy (non-hydrogen) atoms. The molecule has 3 N–H and O–H groups in total. The SMILES string of the molecule is C=C(NC(=C(/C=C/O)OC)/C(=C\C)OC)/C(=C\C=C/O)Cc1cc2c(cc1C)C(C)(C)CCC2(C)C. The first-order chi connectivity index (χ1) is 16.9. The first kappa shape index (κ1) is 28.9. The van der Waals surface area contributed by atoms with Crippen LogP contribution in [-0.2, 0) is 26.7 Å². The van der Waals surface area contributed by atoms with Gasteiger partial charge in [0.1, 0.15) is 17.2 Å². The molecule has 0 spiro atoms. The standard InChI is InChI=1S/C31H43NO4/c1-10-27(35-8)29(28(36-9)13-17-34)32-22(3)23(12-11-16-33)19-24-20-26-25(18-21(24)2)30(4,5)14-15-31(26,6)7/h10-13,16-18,20,32-34H,3,14-15,19H2,1-2,4-9H3/b16-11-,17-13+,23-12-,27-10+,29-28-. The zero-order chi connectivity index (χ0) is 27.1. The molecule has 0 saturated heterocycles. The Balaban J connectivity index is 2.55. The molecule has 0 radical (unpaired) electrons. The van der Waals surface area contributed by atoms with E-state index >= 15 is 0 Å². The number of methoxy groups -OCH3 is 2. The van der Waals surface area contributed by atoms with E-state index in [-0.39, 0.29) is 10.8 Å². The number of aryl methyl sites for hydroxylation is 1. The van der Waals surface area contributed by atoms with Crippen molar-refractivity contribution in [2.75, 3.05) is 14.2 Å². The van der Waals surface area contributed by atoms with Gasteiger partial charge in [0, 0.05) is 11.8 Å². The summed E-state index contributed by atoms with van der Waals surface area (Å²) < 4.78 is 11.0. The molecule has 5 nitrogen and oxygen atoms in total. The summed E-state index contributed by atoms with van der Waals surface area (Å²) in [4.78, 5) is 0.